The van der Waals surface area contributed by atoms with Crippen molar-refractivity contribution in [1.82, 2.24) is 0 Å². The zero-order chi connectivity index (χ0) is 74.6. The summed E-state index contributed by atoms with van der Waals surface area (Å²) >= 11 is 0. The molecule has 19 heteroatoms. The molecule has 0 spiro atoms. The molecule has 0 bridgehead atoms. The Bertz CT molecular complexity index is 2460. The number of aliphatic hydroxyl groups is 1. The molecule has 0 amide bonds. The van der Waals surface area contributed by atoms with Crippen molar-refractivity contribution in [2.45, 2.75) is 329 Å². The van der Waals surface area contributed by atoms with E-state index in [0.29, 0.717) is 32.1 Å². The first-order chi connectivity index (χ1) is 49.7. The van der Waals surface area contributed by atoms with Crippen LogP contribution in [-0.4, -0.2) is 96.7 Å². The molecule has 17 nitrogen and oxygen atoms in total. The molecule has 5 atom stereocenters. The molecule has 0 fully saturated rings. The Morgan fingerprint density at radius 1 is 0.284 bits per heavy atom. The van der Waals surface area contributed by atoms with Crippen LogP contribution in [0, 0.1) is 0 Å². The van der Waals surface area contributed by atoms with Gasteiger partial charge in [-0.1, -0.05) is 258 Å². The molecule has 0 saturated heterocycles. The van der Waals surface area contributed by atoms with Gasteiger partial charge in [0.2, 0.25) is 0 Å². The molecular weight excluding hydrogens is 1330 g/mol. The number of hydrogen-bond acceptors (Lipinski definition) is 15. The smallest absolute Gasteiger partial charge is 0.462 e. The number of allylic oxidation sites excluding steroid dienone is 22. The number of phosphoric acid groups is 2. The minimum Gasteiger partial charge on any atom is -0.462 e. The van der Waals surface area contributed by atoms with Crippen LogP contribution >= 0.6 is 15.6 Å². The number of carbonyl (C=O) groups excluding carboxylic acids is 4. The maximum absolute atomic E-state index is 13.1. The van der Waals surface area contributed by atoms with Gasteiger partial charge in [-0.2, -0.15) is 0 Å². The van der Waals surface area contributed by atoms with Crippen LogP contribution < -0.4 is 0 Å². The maximum Gasteiger partial charge on any atom is 0.472 e. The van der Waals surface area contributed by atoms with Crippen molar-refractivity contribution >= 4 is 39.5 Å². The van der Waals surface area contributed by atoms with Crippen molar-refractivity contribution < 1.29 is 80.2 Å². The molecule has 0 aliphatic rings. The van der Waals surface area contributed by atoms with Crippen LogP contribution in [0.15, 0.2) is 134 Å². The van der Waals surface area contributed by atoms with E-state index >= 15 is 0 Å². The Morgan fingerprint density at radius 3 is 0.833 bits per heavy atom. The number of hydrogen-bond donors (Lipinski definition) is 3. The fourth-order valence-corrected chi connectivity index (χ4v) is 11.7. The van der Waals surface area contributed by atoms with Crippen molar-refractivity contribution in [3.05, 3.63) is 134 Å². The van der Waals surface area contributed by atoms with Gasteiger partial charge in [-0.3, -0.25) is 37.3 Å². The first-order valence-corrected chi connectivity index (χ1v) is 42.4. The number of carbonyl (C=O) groups is 4. The lowest BCUT2D eigenvalue weighted by atomic mass is 10.1. The van der Waals surface area contributed by atoms with E-state index in [-0.39, 0.29) is 25.7 Å². The topological polar surface area (TPSA) is 237 Å². The number of esters is 4. The largest absolute Gasteiger partial charge is 0.472 e. The van der Waals surface area contributed by atoms with E-state index in [4.69, 9.17) is 37.0 Å². The Hall–Kier alpha value is -4.80. The van der Waals surface area contributed by atoms with E-state index in [0.717, 1.165) is 180 Å². The minimum absolute atomic E-state index is 0.0362. The second kappa shape index (κ2) is 74.5. The quantitative estimate of drug-likeness (QED) is 0.0169. The van der Waals surface area contributed by atoms with Crippen LogP contribution in [0.1, 0.15) is 310 Å². The summed E-state index contributed by atoms with van der Waals surface area (Å²) < 4.78 is 68.5. The Morgan fingerprint density at radius 2 is 0.510 bits per heavy atom. The first-order valence-electron chi connectivity index (χ1n) is 39.4. The van der Waals surface area contributed by atoms with Crippen LogP contribution in [0.25, 0.3) is 0 Å². The zero-order valence-electron chi connectivity index (χ0n) is 63.7. The zero-order valence-corrected chi connectivity index (χ0v) is 65.5. The van der Waals surface area contributed by atoms with Crippen LogP contribution in [0.3, 0.4) is 0 Å². The molecule has 5 unspecified atom stereocenters. The summed E-state index contributed by atoms with van der Waals surface area (Å²) in [6.45, 7) is 4.52. The van der Waals surface area contributed by atoms with Crippen molar-refractivity contribution in [1.29, 1.82) is 0 Å². The van der Waals surface area contributed by atoms with Gasteiger partial charge in [-0.25, -0.2) is 9.13 Å². The third kappa shape index (κ3) is 73.5. The molecule has 3 N–H and O–H groups in total. The van der Waals surface area contributed by atoms with E-state index in [9.17, 15) is 43.2 Å². The predicted octanol–water partition coefficient (Wildman–Crippen LogP) is 22.9. The van der Waals surface area contributed by atoms with E-state index < -0.39 is 97.5 Å². The third-order valence-corrected chi connectivity index (χ3v) is 18.0. The van der Waals surface area contributed by atoms with Crippen molar-refractivity contribution in [2.75, 3.05) is 39.6 Å². The van der Waals surface area contributed by atoms with Crippen LogP contribution in [0.5, 0.6) is 0 Å². The van der Waals surface area contributed by atoms with Gasteiger partial charge < -0.3 is 33.8 Å². The van der Waals surface area contributed by atoms with Gasteiger partial charge in [0.15, 0.2) is 12.2 Å². The highest BCUT2D eigenvalue weighted by atomic mass is 31.2. The SMILES string of the molecule is CC/C=C\C/C=C\C/C=C\C/C=C\CCCCC(=O)OC(COC(=O)CCCCCCCC/C=C\C/C=C\C/C=C\CCCCC)COP(=O)(O)OCC(O)COP(=O)(O)OCC(COC(=O)CCCCCCC/C=C\C/C=C\C/C=C\CC)OC(=O)CCCCCCC/C=C\CCCCCC. The van der Waals surface area contributed by atoms with Gasteiger partial charge in [0.05, 0.1) is 26.4 Å². The predicted molar refractivity (Wildman–Crippen MR) is 418 cm³/mol. The lowest BCUT2D eigenvalue weighted by Gasteiger charge is -2.21. The molecule has 0 heterocycles. The second-order valence-corrected chi connectivity index (χ2v) is 28.8. The molecule has 0 radical (unpaired) electrons. The standard InChI is InChI=1S/C83H140O17P2/c1-5-9-13-17-21-25-29-33-36-37-38-39-42-45-48-52-56-60-64-68-81(86)94-74-79(100-83(88)70-66-62-58-54-50-46-41-35-31-27-23-19-15-11-7-3)76-98-102(91,92)96-72-77(84)71-95-101(89,90)97-75-78(99-82(87)69-65-61-57-53-49-43-32-28-24-20-16-12-8-4)73-93-80(85)67-63-59-55-51-47-44-40-34-30-26-22-18-14-10-6-2/h10-11,14-15,21-23,25-28,32-36,38-41,50,54,77-79,84H,5-9,12-13,16-20,24,29-31,37,42-49,51-53,55-76H2,1-4H3,(H,89,90)(H,91,92)/b14-10-,15-11-,25-21-,26-22-,27-23-,32-28-,36-33-,39-38-,40-34-,41-35-,54-50-. The lowest BCUT2D eigenvalue weighted by molar-refractivity contribution is -0.161. The number of unbranched alkanes of at least 4 members (excludes halogenated alkanes) is 25. The fraction of sp³-hybridized carbons (Fsp3) is 0.687. The molecule has 0 aromatic carbocycles. The molecule has 0 saturated carbocycles. The summed E-state index contributed by atoms with van der Waals surface area (Å²) in [4.78, 5) is 72.9. The van der Waals surface area contributed by atoms with E-state index in [1.807, 2.05) is 0 Å². The first kappa shape index (κ1) is 97.2. The Balaban J connectivity index is 5.41. The number of phosphoric ester groups is 2. The third-order valence-electron chi connectivity index (χ3n) is 16.1. The van der Waals surface area contributed by atoms with Crippen molar-refractivity contribution in [3.8, 4) is 0 Å². The van der Waals surface area contributed by atoms with Gasteiger partial charge in [-0.05, 0) is 161 Å². The highest BCUT2D eigenvalue weighted by Crippen LogP contribution is 2.45. The van der Waals surface area contributed by atoms with Crippen LogP contribution in [0.4, 0.5) is 0 Å². The summed E-state index contributed by atoms with van der Waals surface area (Å²) in [5.74, 6) is -2.26. The molecule has 102 heavy (non-hydrogen) atoms. The van der Waals surface area contributed by atoms with Gasteiger partial charge in [0, 0.05) is 25.7 Å². The number of aliphatic hydroxyl groups excluding tert-OH is 1. The normalized spacial score (nSPS) is 14.6. The minimum atomic E-state index is -5.00. The summed E-state index contributed by atoms with van der Waals surface area (Å²) in [5, 5.41) is 10.6. The van der Waals surface area contributed by atoms with E-state index in [2.05, 4.69) is 161 Å². The number of ether oxygens (including phenoxy) is 4. The lowest BCUT2D eigenvalue weighted by Crippen LogP contribution is -2.30. The molecule has 0 rings (SSSR count). The fourth-order valence-electron chi connectivity index (χ4n) is 10.1. The monoisotopic (exact) mass is 1470 g/mol. The second-order valence-electron chi connectivity index (χ2n) is 25.9. The van der Waals surface area contributed by atoms with E-state index in [1.54, 1.807) is 0 Å². The molecule has 0 aliphatic carbocycles. The summed E-state index contributed by atoms with van der Waals surface area (Å²) in [5.41, 5.74) is 0. The summed E-state index contributed by atoms with van der Waals surface area (Å²) in [6, 6.07) is 0. The summed E-state index contributed by atoms with van der Waals surface area (Å²) in [7, 11) is -9.98. The molecule has 0 aromatic heterocycles. The molecule has 584 valence electrons. The maximum atomic E-state index is 13.1. The average molecular weight is 1470 g/mol. The van der Waals surface area contributed by atoms with E-state index in [1.165, 1.54) is 44.9 Å². The van der Waals surface area contributed by atoms with Crippen LogP contribution in [-0.2, 0) is 65.4 Å². The molecule has 0 aliphatic heterocycles. The van der Waals surface area contributed by atoms with Gasteiger partial charge in [0.25, 0.3) is 0 Å². The summed E-state index contributed by atoms with van der Waals surface area (Å²) in [6.07, 6.45) is 82.9. The van der Waals surface area contributed by atoms with Gasteiger partial charge >= 0.3 is 39.5 Å². The molecular formula is C83H140O17P2. The highest BCUT2D eigenvalue weighted by molar-refractivity contribution is 7.47. The van der Waals surface area contributed by atoms with Gasteiger partial charge in [-0.15, -0.1) is 0 Å². The van der Waals surface area contributed by atoms with Gasteiger partial charge in [0.1, 0.15) is 19.3 Å². The average Bonchev–Trinajstić information content (AvgIpc) is 0.907. The van der Waals surface area contributed by atoms with Crippen LogP contribution in [0.2, 0.25) is 0 Å². The molecule has 0 aromatic rings. The Kier molecular flexibility index (Phi) is 71.0. The van der Waals surface area contributed by atoms with Crippen molar-refractivity contribution in [2.24, 2.45) is 0 Å². The Labute approximate surface area is 618 Å². The highest BCUT2D eigenvalue weighted by Gasteiger charge is 2.30. The van der Waals surface area contributed by atoms with Crippen molar-refractivity contribution in [3.63, 3.8) is 0 Å². The number of rotatable bonds is 73.